The largest absolute Gasteiger partial charge is 0.491 e. The Morgan fingerprint density at radius 3 is 2.65 bits per heavy atom. The Labute approximate surface area is 248 Å². The van der Waals surface area contributed by atoms with Crippen LogP contribution in [0.4, 0.5) is 14.5 Å². The van der Waals surface area contributed by atoms with Crippen molar-refractivity contribution in [2.24, 2.45) is 5.92 Å². The van der Waals surface area contributed by atoms with E-state index in [1.54, 1.807) is 68.6 Å². The Morgan fingerprint density at radius 2 is 1.86 bits per heavy atom. The number of rotatable bonds is 8. The summed E-state index contributed by atoms with van der Waals surface area (Å²) in [5.41, 5.74) is 0.489. The van der Waals surface area contributed by atoms with Crippen molar-refractivity contribution in [1.82, 2.24) is 15.6 Å². The second kappa shape index (κ2) is 11.9. The number of hydrogen-bond acceptors (Lipinski definition) is 8. The molecule has 0 aliphatic carbocycles. The zero-order valence-corrected chi connectivity index (χ0v) is 23.9. The molecule has 1 aromatic heterocycles. The summed E-state index contributed by atoms with van der Waals surface area (Å²) in [6.45, 7) is 4.49. The van der Waals surface area contributed by atoms with Crippen LogP contribution in [-0.4, -0.2) is 53.4 Å². The zero-order valence-electron chi connectivity index (χ0n) is 23.9. The van der Waals surface area contributed by atoms with E-state index in [1.165, 1.54) is 18.2 Å². The second-order valence-corrected chi connectivity index (χ2v) is 11.7. The molecule has 3 aromatic carbocycles. The number of carbonyl (C=O) groups is 1. The number of Topliss-reactive ketones (excluding diaryl/α,β-unsaturated/α-hetero) is 1. The number of ether oxygens (including phenoxy) is 2. The smallest absolute Gasteiger partial charge is 0.167 e. The molecular weight excluding hydrogens is 554 g/mol. The van der Waals surface area contributed by atoms with Crippen molar-refractivity contribution in [3.63, 3.8) is 0 Å². The average molecular weight is 589 g/mol. The minimum absolute atomic E-state index is 0.0323. The van der Waals surface area contributed by atoms with Gasteiger partial charge >= 0.3 is 0 Å². The number of benzene rings is 3. The van der Waals surface area contributed by atoms with E-state index in [9.17, 15) is 14.3 Å². The maximum Gasteiger partial charge on any atom is 0.167 e. The van der Waals surface area contributed by atoms with Crippen molar-refractivity contribution in [3.8, 4) is 17.2 Å². The summed E-state index contributed by atoms with van der Waals surface area (Å²) in [5, 5.41) is 20.7. The van der Waals surface area contributed by atoms with Crippen molar-refractivity contribution in [2.75, 3.05) is 25.0 Å². The molecule has 4 aromatic rings. The molecule has 4 atom stereocenters. The lowest BCUT2D eigenvalue weighted by Crippen LogP contribution is -2.63. The predicted molar refractivity (Wildman–Crippen MR) is 159 cm³/mol. The highest BCUT2D eigenvalue weighted by molar-refractivity contribution is 5.91. The van der Waals surface area contributed by atoms with Crippen molar-refractivity contribution < 1.29 is 28.2 Å². The van der Waals surface area contributed by atoms with Crippen molar-refractivity contribution in [3.05, 3.63) is 90.1 Å². The number of nitrogens with zero attached hydrogens (tertiary/aromatic N) is 1. The molecule has 3 heterocycles. The quantitative estimate of drug-likeness (QED) is 0.225. The van der Waals surface area contributed by atoms with Gasteiger partial charge in [0.25, 0.3) is 0 Å². The summed E-state index contributed by atoms with van der Waals surface area (Å²) in [5.74, 6) is -1.08. The first-order valence-electron chi connectivity index (χ1n) is 14.4. The van der Waals surface area contributed by atoms with Gasteiger partial charge in [-0.1, -0.05) is 18.2 Å². The highest BCUT2D eigenvalue weighted by Gasteiger charge is 2.45. The summed E-state index contributed by atoms with van der Waals surface area (Å²) in [4.78, 5) is 18.0. The van der Waals surface area contributed by atoms with Crippen LogP contribution in [0.3, 0.4) is 0 Å². The summed E-state index contributed by atoms with van der Waals surface area (Å²) in [6, 6.07) is 17.8. The van der Waals surface area contributed by atoms with Crippen LogP contribution in [0.25, 0.3) is 10.9 Å². The number of halogens is 2. The molecular formula is C33H34F2N4O4. The van der Waals surface area contributed by atoms with E-state index >= 15 is 4.39 Å². The molecule has 2 aliphatic rings. The summed E-state index contributed by atoms with van der Waals surface area (Å²) < 4.78 is 41.5. The normalized spacial score (nSPS) is 22.2. The molecule has 0 radical (unpaired) electrons. The fourth-order valence-corrected chi connectivity index (χ4v) is 5.80. The van der Waals surface area contributed by atoms with Gasteiger partial charge in [0.15, 0.2) is 11.6 Å². The Balaban J connectivity index is 1.17. The topological polar surface area (TPSA) is 105 Å². The highest BCUT2D eigenvalue weighted by atomic mass is 19.1. The monoisotopic (exact) mass is 588 g/mol. The van der Waals surface area contributed by atoms with Gasteiger partial charge in [-0.2, -0.15) is 0 Å². The van der Waals surface area contributed by atoms with Crippen LogP contribution in [0, 0.1) is 17.6 Å². The molecule has 224 valence electrons. The number of carbonyl (C=O) groups excluding carboxylic acids is 1. The molecule has 4 N–H and O–H groups in total. The number of piperidine rings is 2. The van der Waals surface area contributed by atoms with Gasteiger partial charge in [-0.3, -0.25) is 15.1 Å². The van der Waals surface area contributed by atoms with E-state index < -0.39 is 35.2 Å². The third-order valence-electron chi connectivity index (χ3n) is 7.89. The van der Waals surface area contributed by atoms with Gasteiger partial charge in [0.1, 0.15) is 29.7 Å². The van der Waals surface area contributed by atoms with Gasteiger partial charge in [-0.25, -0.2) is 8.78 Å². The molecule has 0 saturated carbocycles. The molecule has 43 heavy (non-hydrogen) atoms. The van der Waals surface area contributed by atoms with Crippen molar-refractivity contribution in [2.45, 2.75) is 44.0 Å². The first-order chi connectivity index (χ1) is 20.7. The Kier molecular flexibility index (Phi) is 8.00. The van der Waals surface area contributed by atoms with Crippen LogP contribution >= 0.6 is 0 Å². The summed E-state index contributed by atoms with van der Waals surface area (Å²) in [7, 11) is 0. The minimum atomic E-state index is -0.979. The maximum absolute atomic E-state index is 15.3. The average Bonchev–Trinajstić information content (AvgIpc) is 2.98. The fourth-order valence-electron chi connectivity index (χ4n) is 5.80. The number of aromatic nitrogens is 1. The molecule has 8 nitrogen and oxygen atoms in total. The third-order valence-corrected chi connectivity index (χ3v) is 7.89. The molecule has 0 spiro atoms. The van der Waals surface area contributed by atoms with E-state index in [2.05, 4.69) is 20.9 Å². The van der Waals surface area contributed by atoms with E-state index in [0.29, 0.717) is 46.7 Å². The molecule has 10 heteroatoms. The Bertz CT molecular complexity index is 1640. The number of ketones is 1. The van der Waals surface area contributed by atoms with Crippen LogP contribution in [0.2, 0.25) is 0 Å². The van der Waals surface area contributed by atoms with Crippen molar-refractivity contribution >= 4 is 22.4 Å². The van der Waals surface area contributed by atoms with Gasteiger partial charge in [0, 0.05) is 42.0 Å². The lowest BCUT2D eigenvalue weighted by molar-refractivity contribution is -0.128. The minimum Gasteiger partial charge on any atom is -0.491 e. The van der Waals surface area contributed by atoms with E-state index in [0.717, 1.165) is 6.42 Å². The van der Waals surface area contributed by atoms with Gasteiger partial charge in [0.05, 0.1) is 29.1 Å². The van der Waals surface area contributed by atoms with Gasteiger partial charge in [0.2, 0.25) is 0 Å². The second-order valence-electron chi connectivity index (χ2n) is 11.7. The SMILES string of the molecule is CC(C)(O)COc1ccc2c(Oc3ccc(NC4NCCC5NCC(c6ccccc6F)C(=O)C54)cc3F)ccnc2c1. The number of fused-ring (bicyclic) bond motifs is 2. The van der Waals surface area contributed by atoms with Crippen LogP contribution < -0.4 is 25.4 Å². The Hall–Kier alpha value is -4.12. The molecule has 0 amide bonds. The summed E-state index contributed by atoms with van der Waals surface area (Å²) in [6.07, 6.45) is 1.86. The molecule has 2 fully saturated rings. The third kappa shape index (κ3) is 6.31. The van der Waals surface area contributed by atoms with Crippen LogP contribution in [0.1, 0.15) is 31.7 Å². The van der Waals surface area contributed by atoms with Crippen LogP contribution in [0.5, 0.6) is 17.2 Å². The molecule has 4 unspecified atom stereocenters. The van der Waals surface area contributed by atoms with E-state index in [1.807, 2.05) is 0 Å². The van der Waals surface area contributed by atoms with E-state index in [4.69, 9.17) is 9.47 Å². The van der Waals surface area contributed by atoms with Gasteiger partial charge in [-0.15, -0.1) is 0 Å². The number of aliphatic hydroxyl groups is 1. The van der Waals surface area contributed by atoms with Gasteiger partial charge in [-0.05, 0) is 68.8 Å². The lowest BCUT2D eigenvalue weighted by atomic mass is 9.75. The number of anilines is 1. The fraction of sp³-hybridized carbons (Fsp3) is 0.333. The standard InChI is InChI=1S/C33H34F2N4O4/c1-33(2,41)18-42-20-8-9-22-27(16-20)36-14-12-28(22)43-29-10-7-19(15-25(29)35)39-32-30-26(11-13-37-32)38-17-23(31(30)40)21-5-3-4-6-24(21)34/h3-10,12,14-16,23,26,30,32,37-39,41H,11,13,17-18H2,1-2H3. The maximum atomic E-state index is 15.3. The van der Waals surface area contributed by atoms with E-state index in [-0.39, 0.29) is 24.2 Å². The van der Waals surface area contributed by atoms with Crippen LogP contribution in [-0.2, 0) is 4.79 Å². The van der Waals surface area contributed by atoms with Crippen LogP contribution in [0.15, 0.2) is 72.9 Å². The number of hydrogen-bond donors (Lipinski definition) is 4. The molecule has 0 bridgehead atoms. The number of nitrogens with one attached hydrogen (secondary N) is 3. The lowest BCUT2D eigenvalue weighted by Gasteiger charge is -2.44. The number of pyridine rings is 1. The Morgan fingerprint density at radius 1 is 1.02 bits per heavy atom. The first kappa shape index (κ1) is 29.0. The van der Waals surface area contributed by atoms with Gasteiger partial charge < -0.3 is 25.2 Å². The highest BCUT2D eigenvalue weighted by Crippen LogP contribution is 2.35. The molecule has 6 rings (SSSR count). The zero-order chi connectivity index (χ0) is 30.1. The first-order valence-corrected chi connectivity index (χ1v) is 14.4. The molecule has 2 aliphatic heterocycles. The summed E-state index contributed by atoms with van der Waals surface area (Å²) >= 11 is 0. The molecule has 2 saturated heterocycles. The van der Waals surface area contributed by atoms with Crippen molar-refractivity contribution in [1.29, 1.82) is 0 Å². The predicted octanol–water partition coefficient (Wildman–Crippen LogP) is 5.13.